The van der Waals surface area contributed by atoms with Gasteiger partial charge in [-0.2, -0.15) is 0 Å². The van der Waals surface area contributed by atoms with Gasteiger partial charge in [-0.15, -0.1) is 0 Å². The molecule has 1 saturated heterocycles. The normalized spacial score (nSPS) is 16.5. The van der Waals surface area contributed by atoms with Gasteiger partial charge in [0.25, 0.3) is 0 Å². The fourth-order valence-corrected chi connectivity index (χ4v) is 3.67. The molecule has 7 nitrogen and oxygen atoms in total. The molecule has 1 unspecified atom stereocenters. The molecule has 1 aromatic heterocycles. The number of H-pyrrole nitrogens is 1. The average molecular weight is 399 g/mol. The van der Waals surface area contributed by atoms with Crippen LogP contribution < -0.4 is 5.32 Å². The number of fused-ring (bicyclic) bond motifs is 1. The summed E-state index contributed by atoms with van der Waals surface area (Å²) in [7, 11) is 0. The molecule has 1 fully saturated rings. The first-order chi connectivity index (χ1) is 13.5. The van der Waals surface area contributed by atoms with Crippen LogP contribution in [0.25, 0.3) is 11.0 Å². The highest BCUT2D eigenvalue weighted by Crippen LogP contribution is 2.31. The number of carbonyl (C=O) groups excluding carboxylic acids is 1. The van der Waals surface area contributed by atoms with Crippen LogP contribution in [0.1, 0.15) is 40.6 Å². The summed E-state index contributed by atoms with van der Waals surface area (Å²) < 4.78 is 0. The van der Waals surface area contributed by atoms with E-state index in [4.69, 9.17) is 16.7 Å². The minimum absolute atomic E-state index is 0.111. The van der Waals surface area contributed by atoms with Gasteiger partial charge in [-0.1, -0.05) is 23.7 Å². The van der Waals surface area contributed by atoms with Crippen LogP contribution in [0.3, 0.4) is 0 Å². The fraction of sp³-hybridized carbons (Fsp3) is 0.250. The Hall–Kier alpha value is -3.06. The van der Waals surface area contributed by atoms with Crippen LogP contribution in [-0.2, 0) is 6.54 Å². The van der Waals surface area contributed by atoms with E-state index in [-0.39, 0.29) is 17.6 Å². The second-order valence-electron chi connectivity index (χ2n) is 6.80. The minimum atomic E-state index is -0.970. The summed E-state index contributed by atoms with van der Waals surface area (Å²) >= 11 is 6.04. The van der Waals surface area contributed by atoms with E-state index in [0.29, 0.717) is 18.1 Å². The Balaban J connectivity index is 1.44. The first-order valence-electron chi connectivity index (χ1n) is 9.03. The van der Waals surface area contributed by atoms with Gasteiger partial charge in [0.05, 0.1) is 22.6 Å². The molecule has 2 amide bonds. The third-order valence-corrected chi connectivity index (χ3v) is 5.17. The summed E-state index contributed by atoms with van der Waals surface area (Å²) in [6.07, 6.45) is 1.75. The Bertz CT molecular complexity index is 1030. The summed E-state index contributed by atoms with van der Waals surface area (Å²) in [6.45, 7) is 0.990. The summed E-state index contributed by atoms with van der Waals surface area (Å²) in [5, 5.41) is 12.5. The maximum absolute atomic E-state index is 12.7. The zero-order chi connectivity index (χ0) is 19.7. The van der Waals surface area contributed by atoms with Crippen LogP contribution in [0.2, 0.25) is 5.02 Å². The quantitative estimate of drug-likeness (QED) is 0.619. The third kappa shape index (κ3) is 3.66. The van der Waals surface area contributed by atoms with Crippen LogP contribution in [0.5, 0.6) is 0 Å². The van der Waals surface area contributed by atoms with Crippen molar-refractivity contribution in [3.63, 3.8) is 0 Å². The van der Waals surface area contributed by atoms with Gasteiger partial charge >= 0.3 is 12.0 Å². The summed E-state index contributed by atoms with van der Waals surface area (Å²) in [4.78, 5) is 33.3. The van der Waals surface area contributed by atoms with Gasteiger partial charge in [0.2, 0.25) is 0 Å². The van der Waals surface area contributed by atoms with Crippen LogP contribution in [0.4, 0.5) is 4.79 Å². The second-order valence-corrected chi connectivity index (χ2v) is 7.23. The highest BCUT2D eigenvalue weighted by atomic mass is 35.5. The lowest BCUT2D eigenvalue weighted by atomic mass is 10.1. The van der Waals surface area contributed by atoms with E-state index in [0.717, 1.165) is 35.3 Å². The molecule has 0 bridgehead atoms. The fourth-order valence-electron chi connectivity index (χ4n) is 3.50. The van der Waals surface area contributed by atoms with Crippen molar-refractivity contribution >= 4 is 34.6 Å². The van der Waals surface area contributed by atoms with Crippen LogP contribution in [0, 0.1) is 0 Å². The van der Waals surface area contributed by atoms with Crippen molar-refractivity contribution in [2.45, 2.75) is 25.4 Å². The van der Waals surface area contributed by atoms with E-state index in [2.05, 4.69) is 15.3 Å². The second kappa shape index (κ2) is 7.52. The number of benzene rings is 2. The number of hydrogen-bond donors (Lipinski definition) is 3. The molecule has 28 heavy (non-hydrogen) atoms. The summed E-state index contributed by atoms with van der Waals surface area (Å²) in [6, 6.07) is 11.7. The predicted molar refractivity (Wildman–Crippen MR) is 105 cm³/mol. The van der Waals surface area contributed by atoms with E-state index in [1.165, 1.54) is 12.1 Å². The lowest BCUT2D eigenvalue weighted by Gasteiger charge is -2.23. The Morgan fingerprint density at radius 2 is 2.04 bits per heavy atom. The van der Waals surface area contributed by atoms with Crippen molar-refractivity contribution in [1.82, 2.24) is 20.2 Å². The van der Waals surface area contributed by atoms with Crippen molar-refractivity contribution in [1.29, 1.82) is 0 Å². The molecule has 4 rings (SSSR count). The summed E-state index contributed by atoms with van der Waals surface area (Å²) in [5.41, 5.74) is 2.74. The number of hydrogen-bond acceptors (Lipinski definition) is 3. The number of halogens is 1. The molecule has 144 valence electrons. The van der Waals surface area contributed by atoms with Crippen molar-refractivity contribution in [3.05, 3.63) is 64.4 Å². The molecule has 2 heterocycles. The molecule has 3 aromatic rings. The lowest BCUT2D eigenvalue weighted by Crippen LogP contribution is -2.39. The largest absolute Gasteiger partial charge is 0.478 e. The summed E-state index contributed by atoms with van der Waals surface area (Å²) in [5.74, 6) is -0.210. The number of rotatable bonds is 4. The van der Waals surface area contributed by atoms with Crippen molar-refractivity contribution in [2.24, 2.45) is 0 Å². The molecule has 2 aromatic carbocycles. The predicted octanol–water partition coefficient (Wildman–Crippen LogP) is 3.96. The highest BCUT2D eigenvalue weighted by molar-refractivity contribution is 6.31. The maximum Gasteiger partial charge on any atom is 0.335 e. The van der Waals surface area contributed by atoms with E-state index >= 15 is 0 Å². The molecule has 0 aliphatic carbocycles. The maximum atomic E-state index is 12.7. The number of nitrogens with one attached hydrogen (secondary N) is 2. The number of imidazole rings is 1. The zero-order valence-corrected chi connectivity index (χ0v) is 15.7. The van der Waals surface area contributed by atoms with Crippen molar-refractivity contribution in [3.8, 4) is 0 Å². The Kier molecular flexibility index (Phi) is 4.92. The number of aromatic nitrogens is 2. The highest BCUT2D eigenvalue weighted by Gasteiger charge is 2.32. The zero-order valence-electron chi connectivity index (χ0n) is 15.0. The molecule has 0 radical (unpaired) electrons. The number of amides is 2. The van der Waals surface area contributed by atoms with Gasteiger partial charge in [-0.3, -0.25) is 0 Å². The molecule has 3 N–H and O–H groups in total. The number of carboxylic acid groups (broad SMARTS) is 1. The number of carbonyl (C=O) groups is 2. The number of likely N-dealkylation sites (tertiary alicyclic amines) is 1. The number of urea groups is 1. The Morgan fingerprint density at radius 3 is 2.79 bits per heavy atom. The monoisotopic (exact) mass is 398 g/mol. The molecule has 1 aliphatic rings. The number of carboxylic acids is 1. The molecular formula is C20H19ClN4O3. The lowest BCUT2D eigenvalue weighted by molar-refractivity contribution is 0.0697. The van der Waals surface area contributed by atoms with Gasteiger partial charge in [0.1, 0.15) is 5.82 Å². The molecule has 0 spiro atoms. The number of aromatic amines is 1. The smallest absolute Gasteiger partial charge is 0.335 e. The molecular weight excluding hydrogens is 380 g/mol. The minimum Gasteiger partial charge on any atom is -0.478 e. The molecule has 1 atom stereocenters. The van der Waals surface area contributed by atoms with E-state index in [1.807, 2.05) is 12.1 Å². The van der Waals surface area contributed by atoms with Gasteiger partial charge in [0, 0.05) is 18.1 Å². The van der Waals surface area contributed by atoms with E-state index < -0.39 is 5.97 Å². The van der Waals surface area contributed by atoms with Crippen LogP contribution in [-0.4, -0.2) is 38.5 Å². The average Bonchev–Trinajstić information content (AvgIpc) is 3.32. The number of nitrogens with zero attached hydrogens (tertiary/aromatic N) is 2. The van der Waals surface area contributed by atoms with Crippen molar-refractivity contribution < 1.29 is 14.7 Å². The van der Waals surface area contributed by atoms with Gasteiger partial charge < -0.3 is 20.3 Å². The third-order valence-electron chi connectivity index (χ3n) is 4.94. The van der Waals surface area contributed by atoms with Crippen LogP contribution >= 0.6 is 11.6 Å². The molecule has 0 saturated carbocycles. The first kappa shape index (κ1) is 18.3. The van der Waals surface area contributed by atoms with Crippen molar-refractivity contribution in [2.75, 3.05) is 6.54 Å². The first-order valence-corrected chi connectivity index (χ1v) is 9.41. The standard InChI is InChI=1S/C20H19ClN4O3/c21-14-7-8-15-16(10-14)24-18(23-15)17-2-1-9-25(17)20(28)22-11-12-3-5-13(6-4-12)19(26)27/h3-8,10,17H,1-2,9,11H2,(H,22,28)(H,23,24)(H,26,27). The topological polar surface area (TPSA) is 98.3 Å². The van der Waals surface area contributed by atoms with Gasteiger partial charge in [-0.25, -0.2) is 14.6 Å². The van der Waals surface area contributed by atoms with E-state index in [9.17, 15) is 9.59 Å². The molecule has 1 aliphatic heterocycles. The van der Waals surface area contributed by atoms with Gasteiger partial charge in [-0.05, 0) is 48.7 Å². The Morgan fingerprint density at radius 1 is 1.25 bits per heavy atom. The van der Waals surface area contributed by atoms with Gasteiger partial charge in [0.15, 0.2) is 0 Å². The molecule has 8 heteroatoms. The SMILES string of the molecule is O=C(O)c1ccc(CNC(=O)N2CCCC2c2nc3ccc(Cl)cc3[nH]2)cc1. The van der Waals surface area contributed by atoms with E-state index in [1.54, 1.807) is 23.1 Å². The number of aromatic carboxylic acids is 1. The van der Waals surface area contributed by atoms with Crippen LogP contribution in [0.15, 0.2) is 42.5 Å². The Labute approximate surface area is 166 Å².